The van der Waals surface area contributed by atoms with E-state index in [9.17, 15) is 0 Å². The Balaban J connectivity index is 0.00000133. The number of rotatable bonds is 1. The molecule has 1 unspecified atom stereocenters. The van der Waals surface area contributed by atoms with Crippen LogP contribution in [-0.2, 0) is 12.0 Å². The third kappa shape index (κ3) is 2.41. The average Bonchev–Trinajstić information content (AvgIpc) is 2.40. The first-order valence-electron chi connectivity index (χ1n) is 6.61. The van der Waals surface area contributed by atoms with E-state index < -0.39 is 0 Å². The van der Waals surface area contributed by atoms with Crippen molar-refractivity contribution in [1.82, 2.24) is 5.32 Å². The summed E-state index contributed by atoms with van der Waals surface area (Å²) in [5.41, 5.74) is 5.49. The highest BCUT2D eigenvalue weighted by molar-refractivity contribution is 5.85. The van der Waals surface area contributed by atoms with Crippen molar-refractivity contribution in [2.45, 2.75) is 25.8 Å². The van der Waals surface area contributed by atoms with E-state index in [0.29, 0.717) is 0 Å². The maximum absolute atomic E-state index is 3.69. The van der Waals surface area contributed by atoms with Crippen LogP contribution in [0.5, 0.6) is 0 Å². The predicted octanol–water partition coefficient (Wildman–Crippen LogP) is 3.83. The third-order valence-corrected chi connectivity index (χ3v) is 4.06. The molecule has 100 valence electrons. The Kier molecular flexibility index (Phi) is 3.98. The number of benzene rings is 2. The van der Waals surface area contributed by atoms with Crippen LogP contribution in [0.2, 0.25) is 0 Å². The lowest BCUT2D eigenvalue weighted by Crippen LogP contribution is -2.45. The lowest BCUT2D eigenvalue weighted by atomic mass is 9.79. The van der Waals surface area contributed by atoms with Crippen LogP contribution in [0.4, 0.5) is 0 Å². The molecular formula is C17H20ClN. The molecule has 1 aliphatic heterocycles. The van der Waals surface area contributed by atoms with Crippen molar-refractivity contribution in [3.05, 3.63) is 70.8 Å². The second-order valence-corrected chi connectivity index (χ2v) is 5.32. The highest BCUT2D eigenvalue weighted by Crippen LogP contribution is 2.34. The molecule has 0 aromatic heterocycles. The maximum atomic E-state index is 3.69. The van der Waals surface area contributed by atoms with Crippen molar-refractivity contribution in [1.29, 1.82) is 0 Å². The first-order valence-corrected chi connectivity index (χ1v) is 6.61. The van der Waals surface area contributed by atoms with Crippen LogP contribution < -0.4 is 5.32 Å². The monoisotopic (exact) mass is 273 g/mol. The second kappa shape index (κ2) is 5.36. The standard InChI is InChI=1S/C17H19N.ClH/c1-13-7-9-15(10-8-13)17(2)16-6-4-3-5-14(16)11-12-18-17;/h3-10,18H,11-12H2,1-2H3;1H. The van der Waals surface area contributed by atoms with E-state index in [-0.39, 0.29) is 17.9 Å². The molecule has 1 nitrogen and oxygen atoms in total. The van der Waals surface area contributed by atoms with Crippen molar-refractivity contribution in [3.8, 4) is 0 Å². The van der Waals surface area contributed by atoms with Gasteiger partial charge in [0.15, 0.2) is 0 Å². The SMILES string of the molecule is Cc1ccc(C2(C)NCCc3ccccc32)cc1.Cl. The molecule has 2 aromatic rings. The summed E-state index contributed by atoms with van der Waals surface area (Å²) in [6.45, 7) is 5.46. The first kappa shape index (κ1) is 14.1. The molecule has 2 heteroatoms. The Morgan fingerprint density at radius 1 is 1.00 bits per heavy atom. The number of nitrogens with one attached hydrogen (secondary N) is 1. The zero-order valence-corrected chi connectivity index (χ0v) is 12.3. The van der Waals surface area contributed by atoms with Gasteiger partial charge in [-0.05, 0) is 37.0 Å². The summed E-state index contributed by atoms with van der Waals surface area (Å²) in [6, 6.07) is 17.6. The smallest absolute Gasteiger partial charge is 0.0664 e. The molecule has 0 saturated carbocycles. The average molecular weight is 274 g/mol. The zero-order valence-electron chi connectivity index (χ0n) is 11.4. The molecule has 0 bridgehead atoms. The Bertz CT molecular complexity index is 562. The molecule has 0 fully saturated rings. The second-order valence-electron chi connectivity index (χ2n) is 5.32. The summed E-state index contributed by atoms with van der Waals surface area (Å²) < 4.78 is 0. The summed E-state index contributed by atoms with van der Waals surface area (Å²) in [7, 11) is 0. The number of aryl methyl sites for hydroxylation is 1. The van der Waals surface area contributed by atoms with Gasteiger partial charge in [-0.3, -0.25) is 0 Å². The molecule has 1 atom stereocenters. The van der Waals surface area contributed by atoms with Crippen molar-refractivity contribution in [2.24, 2.45) is 0 Å². The fourth-order valence-electron chi connectivity index (χ4n) is 2.91. The van der Waals surface area contributed by atoms with E-state index in [1.54, 1.807) is 0 Å². The van der Waals surface area contributed by atoms with Crippen LogP contribution in [0, 0.1) is 6.92 Å². The third-order valence-electron chi connectivity index (χ3n) is 4.06. The Labute approximate surface area is 121 Å². The van der Waals surface area contributed by atoms with Gasteiger partial charge in [0.2, 0.25) is 0 Å². The van der Waals surface area contributed by atoms with Gasteiger partial charge in [0.25, 0.3) is 0 Å². The van der Waals surface area contributed by atoms with Crippen LogP contribution in [0.15, 0.2) is 48.5 Å². The first-order chi connectivity index (χ1) is 8.70. The largest absolute Gasteiger partial charge is 0.304 e. The number of hydrogen-bond acceptors (Lipinski definition) is 1. The molecule has 0 spiro atoms. The molecule has 3 rings (SSSR count). The van der Waals surface area contributed by atoms with Gasteiger partial charge in [-0.15, -0.1) is 12.4 Å². The lowest BCUT2D eigenvalue weighted by molar-refractivity contribution is 0.415. The summed E-state index contributed by atoms with van der Waals surface area (Å²) in [6.07, 6.45) is 1.12. The Morgan fingerprint density at radius 3 is 2.42 bits per heavy atom. The molecule has 0 radical (unpaired) electrons. The van der Waals surface area contributed by atoms with E-state index in [1.807, 2.05) is 0 Å². The minimum absolute atomic E-state index is 0. The predicted molar refractivity (Wildman–Crippen MR) is 83.0 cm³/mol. The fourth-order valence-corrected chi connectivity index (χ4v) is 2.91. The number of fused-ring (bicyclic) bond motifs is 1. The minimum Gasteiger partial charge on any atom is -0.304 e. The maximum Gasteiger partial charge on any atom is 0.0664 e. The van der Waals surface area contributed by atoms with Gasteiger partial charge in [-0.1, -0.05) is 54.1 Å². The van der Waals surface area contributed by atoms with Gasteiger partial charge in [0.1, 0.15) is 0 Å². The van der Waals surface area contributed by atoms with E-state index in [1.165, 1.54) is 22.3 Å². The fraction of sp³-hybridized carbons (Fsp3) is 0.294. The zero-order chi connectivity index (χ0) is 12.6. The van der Waals surface area contributed by atoms with Crippen molar-refractivity contribution in [2.75, 3.05) is 6.54 Å². The van der Waals surface area contributed by atoms with E-state index in [4.69, 9.17) is 0 Å². The lowest BCUT2D eigenvalue weighted by Gasteiger charge is -2.38. The van der Waals surface area contributed by atoms with Gasteiger partial charge in [0.05, 0.1) is 5.54 Å². The topological polar surface area (TPSA) is 12.0 Å². The number of hydrogen-bond donors (Lipinski definition) is 1. The number of halogens is 1. The van der Waals surface area contributed by atoms with Crippen LogP contribution in [0.3, 0.4) is 0 Å². The summed E-state index contributed by atoms with van der Waals surface area (Å²) in [5, 5.41) is 3.69. The molecule has 1 aliphatic rings. The Morgan fingerprint density at radius 2 is 1.68 bits per heavy atom. The minimum atomic E-state index is -0.0530. The van der Waals surface area contributed by atoms with Gasteiger partial charge in [-0.2, -0.15) is 0 Å². The summed E-state index contributed by atoms with van der Waals surface area (Å²) in [5.74, 6) is 0. The van der Waals surface area contributed by atoms with Crippen molar-refractivity contribution >= 4 is 12.4 Å². The van der Waals surface area contributed by atoms with Gasteiger partial charge in [0, 0.05) is 6.54 Å². The highest BCUT2D eigenvalue weighted by Gasteiger charge is 2.32. The van der Waals surface area contributed by atoms with E-state index in [2.05, 4.69) is 67.7 Å². The van der Waals surface area contributed by atoms with Gasteiger partial charge in [-0.25, -0.2) is 0 Å². The molecule has 1 heterocycles. The van der Waals surface area contributed by atoms with E-state index in [0.717, 1.165) is 13.0 Å². The normalized spacial score (nSPS) is 21.4. The van der Waals surface area contributed by atoms with Crippen LogP contribution >= 0.6 is 12.4 Å². The highest BCUT2D eigenvalue weighted by atomic mass is 35.5. The van der Waals surface area contributed by atoms with Gasteiger partial charge < -0.3 is 5.32 Å². The molecule has 0 amide bonds. The van der Waals surface area contributed by atoms with Crippen LogP contribution in [-0.4, -0.2) is 6.54 Å². The van der Waals surface area contributed by atoms with E-state index >= 15 is 0 Å². The van der Waals surface area contributed by atoms with Crippen molar-refractivity contribution < 1.29 is 0 Å². The molecule has 1 N–H and O–H groups in total. The van der Waals surface area contributed by atoms with Gasteiger partial charge >= 0.3 is 0 Å². The summed E-state index contributed by atoms with van der Waals surface area (Å²) >= 11 is 0. The molecule has 0 aliphatic carbocycles. The molecular weight excluding hydrogens is 254 g/mol. The van der Waals surface area contributed by atoms with Crippen molar-refractivity contribution in [3.63, 3.8) is 0 Å². The van der Waals surface area contributed by atoms with Crippen LogP contribution in [0.1, 0.15) is 29.2 Å². The quantitative estimate of drug-likeness (QED) is 0.833. The molecule has 2 aromatic carbocycles. The van der Waals surface area contributed by atoms with Crippen LogP contribution in [0.25, 0.3) is 0 Å². The molecule has 0 saturated heterocycles. The summed E-state index contributed by atoms with van der Waals surface area (Å²) in [4.78, 5) is 0. The Hall–Kier alpha value is -1.31. The molecule has 19 heavy (non-hydrogen) atoms.